The zero-order valence-electron chi connectivity index (χ0n) is 14.8. The van der Waals surface area contributed by atoms with Crippen molar-refractivity contribution >= 4 is 22.7 Å². The van der Waals surface area contributed by atoms with Crippen molar-refractivity contribution in [2.24, 2.45) is 0 Å². The van der Waals surface area contributed by atoms with Gasteiger partial charge in [-0.2, -0.15) is 0 Å². The third-order valence-electron chi connectivity index (χ3n) is 4.47. The summed E-state index contributed by atoms with van der Waals surface area (Å²) in [6.07, 6.45) is 0. The molecule has 0 aliphatic carbocycles. The minimum absolute atomic E-state index is 0.243. The summed E-state index contributed by atoms with van der Waals surface area (Å²) >= 11 is 0. The van der Waals surface area contributed by atoms with Gasteiger partial charge in [0.15, 0.2) is 0 Å². The van der Waals surface area contributed by atoms with Gasteiger partial charge in [-0.05, 0) is 59.7 Å². The van der Waals surface area contributed by atoms with Crippen LogP contribution in [0.4, 0.5) is 22.7 Å². The average molecular weight is 352 g/mol. The third-order valence-corrected chi connectivity index (χ3v) is 4.47. The molecule has 0 unspecified atom stereocenters. The Bertz CT molecular complexity index is 1030. The molecule has 0 atom stereocenters. The quantitative estimate of drug-likeness (QED) is 0.436. The third kappa shape index (κ3) is 3.62. The number of hydrogen-bond acceptors (Lipinski definition) is 3. The van der Waals surface area contributed by atoms with Gasteiger partial charge in [-0.15, -0.1) is 0 Å². The normalized spacial score (nSPS) is 10.5. The summed E-state index contributed by atoms with van der Waals surface area (Å²) in [7, 11) is 0. The largest absolute Gasteiger partial charge is 0.508 e. The molecule has 0 saturated carbocycles. The van der Waals surface area contributed by atoms with Gasteiger partial charge in [-0.3, -0.25) is 0 Å². The molecule has 3 nitrogen and oxygen atoms in total. The molecule has 27 heavy (non-hydrogen) atoms. The summed E-state index contributed by atoms with van der Waals surface area (Å²) in [5.74, 6) is 0.243. The molecule has 4 rings (SSSR count). The van der Waals surface area contributed by atoms with Crippen LogP contribution in [0.1, 0.15) is 0 Å². The highest BCUT2D eigenvalue weighted by Crippen LogP contribution is 2.36. The molecule has 0 aliphatic heterocycles. The summed E-state index contributed by atoms with van der Waals surface area (Å²) in [4.78, 5) is 2.12. The zero-order valence-corrected chi connectivity index (χ0v) is 14.8. The van der Waals surface area contributed by atoms with Crippen molar-refractivity contribution in [2.75, 3.05) is 10.6 Å². The second-order valence-corrected chi connectivity index (χ2v) is 6.36. The minimum atomic E-state index is 0.243. The molecular weight excluding hydrogens is 332 g/mol. The van der Waals surface area contributed by atoms with E-state index in [-0.39, 0.29) is 5.75 Å². The van der Waals surface area contributed by atoms with E-state index in [0.717, 1.165) is 33.9 Å². The molecule has 0 radical (unpaired) electrons. The van der Waals surface area contributed by atoms with Crippen LogP contribution >= 0.6 is 0 Å². The maximum absolute atomic E-state index is 9.93. The van der Waals surface area contributed by atoms with Gasteiger partial charge in [0.1, 0.15) is 5.75 Å². The van der Waals surface area contributed by atoms with Crippen LogP contribution in [0.5, 0.6) is 5.75 Å². The van der Waals surface area contributed by atoms with Crippen molar-refractivity contribution in [1.82, 2.24) is 0 Å². The fourth-order valence-corrected chi connectivity index (χ4v) is 3.13. The number of para-hydroxylation sites is 1. The number of rotatable bonds is 4. The highest BCUT2D eigenvalue weighted by molar-refractivity contribution is 5.78. The van der Waals surface area contributed by atoms with E-state index in [1.165, 1.54) is 0 Å². The molecule has 0 aromatic heterocycles. The van der Waals surface area contributed by atoms with Gasteiger partial charge in [0.2, 0.25) is 0 Å². The zero-order chi connectivity index (χ0) is 18.6. The number of hydrogen-bond donors (Lipinski definition) is 2. The number of phenolic OH excluding ortho intramolecular Hbond substituents is 1. The minimum Gasteiger partial charge on any atom is -0.508 e. The fourth-order valence-electron chi connectivity index (χ4n) is 3.13. The molecule has 0 amide bonds. The van der Waals surface area contributed by atoms with Gasteiger partial charge in [0, 0.05) is 28.8 Å². The maximum atomic E-state index is 9.93. The van der Waals surface area contributed by atoms with Gasteiger partial charge in [-0.25, -0.2) is 0 Å². The van der Waals surface area contributed by atoms with Crippen LogP contribution < -0.4 is 10.6 Å². The Balaban J connectivity index is 1.75. The van der Waals surface area contributed by atoms with E-state index in [1.54, 1.807) is 12.1 Å². The molecule has 0 saturated heterocycles. The molecule has 0 heterocycles. The Morgan fingerprint density at radius 1 is 0.556 bits per heavy atom. The predicted octanol–water partition coefficient (Wildman–Crippen LogP) is 6.11. The summed E-state index contributed by atoms with van der Waals surface area (Å²) in [6, 6.07) is 33.6. The summed E-state index contributed by atoms with van der Waals surface area (Å²) in [5, 5.41) is 9.93. The first-order valence-electron chi connectivity index (χ1n) is 8.81. The number of nitrogens with zero attached hydrogens (tertiary/aromatic N) is 1. The van der Waals surface area contributed by atoms with E-state index in [1.807, 2.05) is 54.6 Å². The van der Waals surface area contributed by atoms with Crippen LogP contribution in [0.25, 0.3) is 11.1 Å². The molecular formula is C24H20N2O. The number of nitrogen functional groups attached to an aromatic ring is 1. The topological polar surface area (TPSA) is 49.5 Å². The lowest BCUT2D eigenvalue weighted by Gasteiger charge is -2.25. The van der Waals surface area contributed by atoms with Crippen LogP contribution in [0, 0.1) is 0 Å². The molecule has 4 aromatic rings. The highest BCUT2D eigenvalue weighted by Gasteiger charge is 2.12. The smallest absolute Gasteiger partial charge is 0.117 e. The first kappa shape index (κ1) is 16.7. The highest BCUT2D eigenvalue weighted by atomic mass is 16.3. The van der Waals surface area contributed by atoms with Crippen LogP contribution in [0.3, 0.4) is 0 Å². The molecule has 132 valence electrons. The molecule has 3 N–H and O–H groups in total. The Hall–Kier alpha value is -3.72. The van der Waals surface area contributed by atoms with Gasteiger partial charge < -0.3 is 15.7 Å². The van der Waals surface area contributed by atoms with E-state index < -0.39 is 0 Å². The van der Waals surface area contributed by atoms with Crippen molar-refractivity contribution in [2.45, 2.75) is 0 Å². The van der Waals surface area contributed by atoms with Crippen molar-refractivity contribution in [3.63, 3.8) is 0 Å². The maximum Gasteiger partial charge on any atom is 0.117 e. The van der Waals surface area contributed by atoms with E-state index in [2.05, 4.69) is 41.3 Å². The lowest BCUT2D eigenvalue weighted by Crippen LogP contribution is -2.09. The number of aromatic hydroxyl groups is 1. The Kier molecular flexibility index (Phi) is 4.50. The second-order valence-electron chi connectivity index (χ2n) is 6.36. The molecule has 0 spiro atoms. The second kappa shape index (κ2) is 7.26. The SMILES string of the molecule is Nc1ccc(-c2ccc(N(c3ccccc3)c3cccc(O)c3)cc2)cc1. The van der Waals surface area contributed by atoms with Gasteiger partial charge in [0.25, 0.3) is 0 Å². The first-order chi connectivity index (χ1) is 13.2. The van der Waals surface area contributed by atoms with Crippen molar-refractivity contribution in [1.29, 1.82) is 0 Å². The van der Waals surface area contributed by atoms with Gasteiger partial charge in [-0.1, -0.05) is 48.5 Å². The summed E-state index contributed by atoms with van der Waals surface area (Å²) < 4.78 is 0. The van der Waals surface area contributed by atoms with Crippen LogP contribution in [-0.2, 0) is 0 Å². The van der Waals surface area contributed by atoms with E-state index in [4.69, 9.17) is 5.73 Å². The van der Waals surface area contributed by atoms with Crippen molar-refractivity contribution < 1.29 is 5.11 Å². The molecule has 0 bridgehead atoms. The lowest BCUT2D eigenvalue weighted by atomic mass is 10.0. The Morgan fingerprint density at radius 2 is 1.11 bits per heavy atom. The van der Waals surface area contributed by atoms with Crippen LogP contribution in [-0.4, -0.2) is 5.11 Å². The first-order valence-corrected chi connectivity index (χ1v) is 8.81. The number of benzene rings is 4. The molecule has 0 fully saturated rings. The van der Waals surface area contributed by atoms with Crippen molar-refractivity contribution in [3.05, 3.63) is 103 Å². The summed E-state index contributed by atoms with van der Waals surface area (Å²) in [5.41, 5.74) is 11.7. The van der Waals surface area contributed by atoms with Gasteiger partial charge in [0.05, 0.1) is 0 Å². The molecule has 4 aromatic carbocycles. The average Bonchev–Trinajstić information content (AvgIpc) is 2.70. The van der Waals surface area contributed by atoms with Gasteiger partial charge >= 0.3 is 0 Å². The summed E-state index contributed by atoms with van der Waals surface area (Å²) in [6.45, 7) is 0. The standard InChI is InChI=1S/C24H20N2O/c25-20-13-9-18(10-14-20)19-11-15-22(16-12-19)26(21-5-2-1-3-6-21)23-7-4-8-24(27)17-23/h1-17,27H,25H2. The van der Waals surface area contributed by atoms with E-state index in [9.17, 15) is 5.11 Å². The van der Waals surface area contributed by atoms with Crippen LogP contribution in [0.2, 0.25) is 0 Å². The number of anilines is 4. The van der Waals surface area contributed by atoms with Crippen molar-refractivity contribution in [3.8, 4) is 16.9 Å². The molecule has 3 heteroatoms. The van der Waals surface area contributed by atoms with Crippen LogP contribution in [0.15, 0.2) is 103 Å². The number of phenols is 1. The van der Waals surface area contributed by atoms with E-state index >= 15 is 0 Å². The fraction of sp³-hybridized carbons (Fsp3) is 0. The predicted molar refractivity (Wildman–Crippen MR) is 113 cm³/mol. The monoisotopic (exact) mass is 352 g/mol. The molecule has 0 aliphatic rings. The number of nitrogens with two attached hydrogens (primary N) is 1. The van der Waals surface area contributed by atoms with E-state index in [0.29, 0.717) is 0 Å². The lowest BCUT2D eigenvalue weighted by molar-refractivity contribution is 0.475. The Labute approximate surface area is 158 Å². The Morgan fingerprint density at radius 3 is 1.74 bits per heavy atom.